The maximum Gasteiger partial charge on any atom is 0.268 e. The lowest BCUT2D eigenvalue weighted by molar-refractivity contribution is 0.0962. The molecule has 0 saturated carbocycles. The summed E-state index contributed by atoms with van der Waals surface area (Å²) in [5, 5.41) is 1.95. The molecule has 1 aromatic heterocycles. The second-order valence-electron chi connectivity index (χ2n) is 7.62. The standard InChI is InChI=1S/C24H25FN2OS/c1-18-4-10-21(11-5-18)27(24(28)23-3-2-16-29-23)22-12-14-26(15-13-22)17-19-6-8-20(25)9-7-19/h2-11,16,22H,12-15,17H2,1H3. The molecule has 0 bridgehead atoms. The summed E-state index contributed by atoms with van der Waals surface area (Å²) < 4.78 is 13.1. The SMILES string of the molecule is Cc1ccc(N(C(=O)c2cccs2)C2CCN(Cc3ccc(F)cc3)CC2)cc1. The van der Waals surface area contributed by atoms with E-state index in [1.165, 1.54) is 29.0 Å². The Balaban J connectivity index is 1.48. The molecular weight excluding hydrogens is 383 g/mol. The zero-order valence-corrected chi connectivity index (χ0v) is 17.4. The molecule has 4 rings (SSSR count). The highest BCUT2D eigenvalue weighted by atomic mass is 32.1. The van der Waals surface area contributed by atoms with Gasteiger partial charge in [0.2, 0.25) is 0 Å². The first-order valence-corrected chi connectivity index (χ1v) is 10.9. The van der Waals surface area contributed by atoms with Crippen molar-refractivity contribution in [1.82, 2.24) is 4.90 Å². The van der Waals surface area contributed by atoms with Gasteiger partial charge in [-0.25, -0.2) is 4.39 Å². The fraction of sp³-hybridized carbons (Fsp3) is 0.292. The van der Waals surface area contributed by atoms with Crippen LogP contribution in [0, 0.1) is 12.7 Å². The van der Waals surface area contributed by atoms with Gasteiger partial charge in [0.25, 0.3) is 5.91 Å². The number of likely N-dealkylation sites (tertiary alicyclic amines) is 1. The van der Waals surface area contributed by atoms with Gasteiger partial charge in [0, 0.05) is 31.4 Å². The minimum absolute atomic E-state index is 0.0841. The molecule has 1 aliphatic heterocycles. The number of nitrogens with zero attached hydrogens (tertiary/aromatic N) is 2. The number of hydrogen-bond donors (Lipinski definition) is 0. The quantitative estimate of drug-likeness (QED) is 0.556. The molecule has 1 amide bonds. The molecule has 3 nitrogen and oxygen atoms in total. The van der Waals surface area contributed by atoms with Crippen LogP contribution >= 0.6 is 11.3 Å². The highest BCUT2D eigenvalue weighted by molar-refractivity contribution is 7.12. The van der Waals surface area contributed by atoms with E-state index in [2.05, 4.69) is 24.0 Å². The highest BCUT2D eigenvalue weighted by Gasteiger charge is 2.30. The van der Waals surface area contributed by atoms with Gasteiger partial charge >= 0.3 is 0 Å². The number of halogens is 1. The Morgan fingerprint density at radius 3 is 2.38 bits per heavy atom. The number of rotatable bonds is 5. The lowest BCUT2D eigenvalue weighted by Crippen LogP contribution is -2.47. The Kier molecular flexibility index (Phi) is 6.07. The predicted molar refractivity (Wildman–Crippen MR) is 117 cm³/mol. The van der Waals surface area contributed by atoms with Crippen LogP contribution in [0.4, 0.5) is 10.1 Å². The van der Waals surface area contributed by atoms with Crippen molar-refractivity contribution in [2.75, 3.05) is 18.0 Å². The van der Waals surface area contributed by atoms with E-state index in [1.54, 1.807) is 0 Å². The van der Waals surface area contributed by atoms with Gasteiger partial charge in [-0.1, -0.05) is 35.9 Å². The van der Waals surface area contributed by atoms with Gasteiger partial charge < -0.3 is 4.90 Å². The number of hydrogen-bond acceptors (Lipinski definition) is 3. The van der Waals surface area contributed by atoms with Crippen molar-refractivity contribution in [3.8, 4) is 0 Å². The maximum atomic E-state index is 13.3. The number of aryl methyl sites for hydroxylation is 1. The van der Waals surface area contributed by atoms with Crippen LogP contribution in [0.1, 0.15) is 33.6 Å². The number of piperidine rings is 1. The summed E-state index contributed by atoms with van der Waals surface area (Å²) in [6.07, 6.45) is 1.85. The average Bonchev–Trinajstić information content (AvgIpc) is 3.27. The molecule has 0 aliphatic carbocycles. The highest BCUT2D eigenvalue weighted by Crippen LogP contribution is 2.28. The molecule has 2 heterocycles. The van der Waals surface area contributed by atoms with Crippen LogP contribution in [0.2, 0.25) is 0 Å². The third kappa shape index (κ3) is 4.74. The van der Waals surface area contributed by atoms with Gasteiger partial charge in [-0.15, -0.1) is 11.3 Å². The van der Waals surface area contributed by atoms with Crippen molar-refractivity contribution >= 4 is 22.9 Å². The van der Waals surface area contributed by atoms with E-state index < -0.39 is 0 Å². The Morgan fingerprint density at radius 1 is 1.07 bits per heavy atom. The first-order chi connectivity index (χ1) is 14.1. The van der Waals surface area contributed by atoms with E-state index in [0.717, 1.165) is 48.6 Å². The maximum absolute atomic E-state index is 13.3. The lowest BCUT2D eigenvalue weighted by atomic mass is 10.0. The van der Waals surface area contributed by atoms with E-state index in [-0.39, 0.29) is 17.8 Å². The zero-order chi connectivity index (χ0) is 20.2. The van der Waals surface area contributed by atoms with Crippen molar-refractivity contribution in [3.05, 3.63) is 87.9 Å². The van der Waals surface area contributed by atoms with Gasteiger partial charge in [-0.3, -0.25) is 9.69 Å². The number of anilines is 1. The Morgan fingerprint density at radius 2 is 1.76 bits per heavy atom. The van der Waals surface area contributed by atoms with Crippen LogP contribution in [0.25, 0.3) is 0 Å². The average molecular weight is 409 g/mol. The molecule has 0 spiro atoms. The smallest absolute Gasteiger partial charge is 0.268 e. The molecule has 0 unspecified atom stereocenters. The Bertz CT molecular complexity index is 930. The fourth-order valence-corrected chi connectivity index (χ4v) is 4.56. The van der Waals surface area contributed by atoms with E-state index >= 15 is 0 Å². The molecule has 5 heteroatoms. The summed E-state index contributed by atoms with van der Waals surface area (Å²) in [6.45, 7) is 4.71. The summed E-state index contributed by atoms with van der Waals surface area (Å²) >= 11 is 1.49. The first kappa shape index (κ1) is 19.8. The van der Waals surface area contributed by atoms with Crippen molar-refractivity contribution < 1.29 is 9.18 Å². The van der Waals surface area contributed by atoms with Gasteiger partial charge in [-0.05, 0) is 61.0 Å². The normalized spacial score (nSPS) is 15.4. The molecule has 0 N–H and O–H groups in total. The summed E-state index contributed by atoms with van der Waals surface area (Å²) in [6, 6.07) is 19.0. The van der Waals surface area contributed by atoms with Crippen LogP contribution in [0.15, 0.2) is 66.0 Å². The second kappa shape index (κ2) is 8.89. The van der Waals surface area contributed by atoms with Crippen molar-refractivity contribution in [1.29, 1.82) is 0 Å². The van der Waals surface area contributed by atoms with Crippen molar-refractivity contribution in [2.24, 2.45) is 0 Å². The molecule has 150 valence electrons. The number of thiophene rings is 1. The predicted octanol–water partition coefficient (Wildman–Crippen LogP) is 5.51. The molecule has 3 aromatic rings. The van der Waals surface area contributed by atoms with Gasteiger partial charge in [0.1, 0.15) is 5.82 Å². The van der Waals surface area contributed by atoms with Gasteiger partial charge in [0.15, 0.2) is 0 Å². The van der Waals surface area contributed by atoms with Gasteiger partial charge in [0.05, 0.1) is 4.88 Å². The van der Waals surface area contributed by atoms with Crippen molar-refractivity contribution in [2.45, 2.75) is 32.4 Å². The zero-order valence-electron chi connectivity index (χ0n) is 16.6. The lowest BCUT2D eigenvalue weighted by Gasteiger charge is -2.38. The van der Waals surface area contributed by atoms with Crippen LogP contribution in [0.5, 0.6) is 0 Å². The summed E-state index contributed by atoms with van der Waals surface area (Å²) in [7, 11) is 0. The van der Waals surface area contributed by atoms with Crippen LogP contribution in [0.3, 0.4) is 0 Å². The van der Waals surface area contributed by atoms with E-state index in [1.807, 2.05) is 46.7 Å². The van der Waals surface area contributed by atoms with Crippen molar-refractivity contribution in [3.63, 3.8) is 0 Å². The molecular formula is C24H25FN2OS. The molecule has 1 saturated heterocycles. The Hall–Kier alpha value is -2.50. The number of amides is 1. The molecule has 0 atom stereocenters. The first-order valence-electron chi connectivity index (χ1n) is 10.0. The molecule has 1 aliphatic rings. The van der Waals surface area contributed by atoms with Crippen LogP contribution < -0.4 is 4.90 Å². The van der Waals surface area contributed by atoms with E-state index in [9.17, 15) is 9.18 Å². The minimum atomic E-state index is -0.201. The van der Waals surface area contributed by atoms with E-state index in [0.29, 0.717) is 0 Å². The monoisotopic (exact) mass is 408 g/mol. The molecule has 29 heavy (non-hydrogen) atoms. The summed E-state index contributed by atoms with van der Waals surface area (Å²) in [4.78, 5) is 18.4. The summed E-state index contributed by atoms with van der Waals surface area (Å²) in [5.41, 5.74) is 3.27. The molecule has 2 aromatic carbocycles. The fourth-order valence-electron chi connectivity index (χ4n) is 3.90. The van der Waals surface area contributed by atoms with Crippen LogP contribution in [-0.2, 0) is 6.54 Å². The largest absolute Gasteiger partial charge is 0.305 e. The summed E-state index contributed by atoms with van der Waals surface area (Å²) in [5.74, 6) is -0.117. The number of carbonyl (C=O) groups is 1. The molecule has 1 fully saturated rings. The number of benzene rings is 2. The van der Waals surface area contributed by atoms with Crippen LogP contribution in [-0.4, -0.2) is 29.9 Å². The second-order valence-corrected chi connectivity index (χ2v) is 8.57. The third-order valence-corrected chi connectivity index (χ3v) is 6.36. The molecule has 0 radical (unpaired) electrons. The topological polar surface area (TPSA) is 23.6 Å². The van der Waals surface area contributed by atoms with E-state index in [4.69, 9.17) is 0 Å². The third-order valence-electron chi connectivity index (χ3n) is 5.50. The Labute approximate surface area is 175 Å². The number of carbonyl (C=O) groups excluding carboxylic acids is 1. The van der Waals surface area contributed by atoms with Gasteiger partial charge in [-0.2, -0.15) is 0 Å². The minimum Gasteiger partial charge on any atom is -0.305 e.